The summed E-state index contributed by atoms with van der Waals surface area (Å²) in [5, 5.41) is 2.91. The summed E-state index contributed by atoms with van der Waals surface area (Å²) >= 11 is 0. The van der Waals surface area contributed by atoms with E-state index in [2.05, 4.69) is 10.2 Å². The van der Waals surface area contributed by atoms with Gasteiger partial charge in [-0.2, -0.15) is 0 Å². The molecule has 0 radical (unpaired) electrons. The number of hydrogen-bond acceptors (Lipinski definition) is 3. The first-order valence-electron chi connectivity index (χ1n) is 7.15. The molecule has 0 bridgehead atoms. The van der Waals surface area contributed by atoms with Crippen molar-refractivity contribution in [1.82, 2.24) is 10.2 Å². The molecule has 1 aliphatic heterocycles. The molecular weight excluding hydrogens is 228 g/mol. The van der Waals surface area contributed by atoms with Gasteiger partial charge in [0.2, 0.25) is 5.91 Å². The third-order valence-corrected chi connectivity index (χ3v) is 4.32. The van der Waals surface area contributed by atoms with Gasteiger partial charge in [-0.25, -0.2) is 0 Å². The van der Waals surface area contributed by atoms with Crippen molar-refractivity contribution in [3.8, 4) is 0 Å². The largest absolute Gasteiger partial charge is 0.356 e. The second-order valence-electron chi connectivity index (χ2n) is 5.69. The van der Waals surface area contributed by atoms with Crippen molar-refractivity contribution in [3.63, 3.8) is 0 Å². The fourth-order valence-electron chi connectivity index (χ4n) is 3.10. The first kappa shape index (κ1) is 13.5. The van der Waals surface area contributed by atoms with Crippen LogP contribution in [0.15, 0.2) is 0 Å². The summed E-state index contributed by atoms with van der Waals surface area (Å²) in [6.07, 6.45) is 5.99. The van der Waals surface area contributed by atoms with Gasteiger partial charge >= 0.3 is 0 Å². The number of amides is 1. The van der Waals surface area contributed by atoms with Crippen LogP contribution in [0.3, 0.4) is 0 Å². The molecule has 0 atom stereocenters. The number of ketones is 1. The molecule has 0 aromatic rings. The predicted molar refractivity (Wildman–Crippen MR) is 70.2 cm³/mol. The van der Waals surface area contributed by atoms with E-state index in [1.807, 2.05) is 0 Å². The molecule has 1 saturated carbocycles. The number of likely N-dealkylation sites (tertiary alicyclic amines) is 1. The maximum atomic E-state index is 11.2. The molecule has 2 aliphatic rings. The van der Waals surface area contributed by atoms with Crippen molar-refractivity contribution in [3.05, 3.63) is 0 Å². The Morgan fingerprint density at radius 2 is 1.83 bits per heavy atom. The van der Waals surface area contributed by atoms with E-state index in [0.29, 0.717) is 17.7 Å². The zero-order valence-corrected chi connectivity index (χ0v) is 11.3. The quantitative estimate of drug-likeness (QED) is 0.825. The smallest absolute Gasteiger partial charge is 0.216 e. The monoisotopic (exact) mass is 252 g/mol. The van der Waals surface area contributed by atoms with Gasteiger partial charge in [0.25, 0.3) is 0 Å². The molecule has 1 N–H and O–H groups in total. The molecule has 18 heavy (non-hydrogen) atoms. The zero-order chi connectivity index (χ0) is 13.0. The highest BCUT2D eigenvalue weighted by Crippen LogP contribution is 2.25. The molecular formula is C14H24N2O2. The summed E-state index contributed by atoms with van der Waals surface area (Å²) in [4.78, 5) is 24.7. The van der Waals surface area contributed by atoms with Crippen molar-refractivity contribution in [1.29, 1.82) is 0 Å². The van der Waals surface area contributed by atoms with Crippen molar-refractivity contribution in [2.75, 3.05) is 19.6 Å². The summed E-state index contributed by atoms with van der Waals surface area (Å²) < 4.78 is 0. The zero-order valence-electron chi connectivity index (χ0n) is 11.3. The van der Waals surface area contributed by atoms with Crippen LogP contribution in [-0.4, -0.2) is 42.3 Å². The predicted octanol–water partition coefficient (Wildman–Crippen LogP) is 1.35. The van der Waals surface area contributed by atoms with E-state index in [-0.39, 0.29) is 5.91 Å². The maximum absolute atomic E-state index is 11.2. The lowest BCUT2D eigenvalue weighted by Gasteiger charge is -2.39. The highest BCUT2D eigenvalue weighted by molar-refractivity contribution is 5.79. The van der Waals surface area contributed by atoms with Crippen molar-refractivity contribution < 1.29 is 9.59 Å². The van der Waals surface area contributed by atoms with Gasteiger partial charge in [-0.15, -0.1) is 0 Å². The number of rotatable bonds is 3. The molecule has 1 aliphatic carbocycles. The summed E-state index contributed by atoms with van der Waals surface area (Å²) in [7, 11) is 0. The van der Waals surface area contributed by atoms with Crippen LogP contribution >= 0.6 is 0 Å². The van der Waals surface area contributed by atoms with Crippen LogP contribution < -0.4 is 5.32 Å². The van der Waals surface area contributed by atoms with Crippen molar-refractivity contribution in [2.24, 2.45) is 5.92 Å². The number of piperidine rings is 1. The number of Topliss-reactive ketones (excluding diaryl/α,β-unsaturated/α-hetero) is 1. The first-order chi connectivity index (χ1) is 8.65. The third-order valence-electron chi connectivity index (χ3n) is 4.32. The minimum absolute atomic E-state index is 0.0724. The molecule has 102 valence electrons. The Kier molecular flexibility index (Phi) is 4.75. The Labute approximate surface area is 109 Å². The fourth-order valence-corrected chi connectivity index (χ4v) is 3.10. The third kappa shape index (κ3) is 3.80. The van der Waals surface area contributed by atoms with Gasteiger partial charge in [-0.3, -0.25) is 9.59 Å². The molecule has 0 spiro atoms. The van der Waals surface area contributed by atoms with E-state index in [1.54, 1.807) is 6.92 Å². The Morgan fingerprint density at radius 1 is 1.22 bits per heavy atom. The van der Waals surface area contributed by atoms with Crippen molar-refractivity contribution in [2.45, 2.75) is 51.5 Å². The summed E-state index contributed by atoms with van der Waals surface area (Å²) in [6.45, 7) is 4.66. The second-order valence-corrected chi connectivity index (χ2v) is 5.69. The van der Waals surface area contributed by atoms with Gasteiger partial charge in [-0.05, 0) is 44.7 Å². The van der Waals surface area contributed by atoms with E-state index < -0.39 is 0 Å². The van der Waals surface area contributed by atoms with Crippen LogP contribution in [0.1, 0.15) is 45.4 Å². The van der Waals surface area contributed by atoms with Gasteiger partial charge < -0.3 is 10.2 Å². The van der Waals surface area contributed by atoms with Gasteiger partial charge in [-0.1, -0.05) is 0 Å². The summed E-state index contributed by atoms with van der Waals surface area (Å²) in [6, 6.07) is 0.629. The fraction of sp³-hybridized carbons (Fsp3) is 0.857. The molecule has 0 aromatic heterocycles. The van der Waals surface area contributed by atoms with Crippen molar-refractivity contribution >= 4 is 11.7 Å². The van der Waals surface area contributed by atoms with Crippen LogP contribution in [0.4, 0.5) is 0 Å². The Morgan fingerprint density at radius 3 is 2.39 bits per heavy atom. The van der Waals surface area contributed by atoms with Gasteiger partial charge in [0.05, 0.1) is 0 Å². The van der Waals surface area contributed by atoms with E-state index in [4.69, 9.17) is 0 Å². The first-order valence-corrected chi connectivity index (χ1v) is 7.15. The van der Waals surface area contributed by atoms with E-state index in [0.717, 1.165) is 45.3 Å². The van der Waals surface area contributed by atoms with Gasteiger partial charge in [0.15, 0.2) is 0 Å². The lowest BCUT2D eigenvalue weighted by Crippen LogP contribution is -2.44. The molecule has 2 rings (SSSR count). The average Bonchev–Trinajstić information content (AvgIpc) is 2.38. The molecule has 4 heteroatoms. The van der Waals surface area contributed by atoms with E-state index >= 15 is 0 Å². The Hall–Kier alpha value is -0.900. The van der Waals surface area contributed by atoms with Crippen LogP contribution in [0.5, 0.6) is 0 Å². The second kappa shape index (κ2) is 6.32. The molecule has 0 aromatic carbocycles. The molecule has 0 unspecified atom stereocenters. The van der Waals surface area contributed by atoms with Gasteiger partial charge in [0, 0.05) is 32.4 Å². The van der Waals surface area contributed by atoms with Crippen LogP contribution in [0.2, 0.25) is 0 Å². The number of hydrogen-bond donors (Lipinski definition) is 1. The van der Waals surface area contributed by atoms with Crippen LogP contribution in [-0.2, 0) is 9.59 Å². The van der Waals surface area contributed by atoms with E-state index in [1.165, 1.54) is 12.8 Å². The maximum Gasteiger partial charge on any atom is 0.216 e. The van der Waals surface area contributed by atoms with Crippen LogP contribution in [0, 0.1) is 5.92 Å². The molecule has 4 nitrogen and oxygen atoms in total. The number of carbonyl (C=O) groups is 2. The summed E-state index contributed by atoms with van der Waals surface area (Å²) in [5.74, 6) is 1.14. The SMILES string of the molecule is CC(=O)NCC1CCN(C2CCC(=O)CC2)CC1. The number of nitrogens with one attached hydrogen (secondary N) is 1. The Bertz CT molecular complexity index is 299. The standard InChI is InChI=1S/C14H24N2O2/c1-11(17)15-10-12-6-8-16(9-7-12)13-2-4-14(18)5-3-13/h12-13H,2-10H2,1H3,(H,15,17). The topological polar surface area (TPSA) is 49.4 Å². The van der Waals surface area contributed by atoms with Gasteiger partial charge in [0.1, 0.15) is 5.78 Å². The average molecular weight is 252 g/mol. The molecule has 2 fully saturated rings. The number of carbonyl (C=O) groups excluding carboxylic acids is 2. The number of nitrogens with zero attached hydrogens (tertiary/aromatic N) is 1. The lowest BCUT2D eigenvalue weighted by atomic mass is 9.89. The molecule has 1 heterocycles. The van der Waals surface area contributed by atoms with Crippen LogP contribution in [0.25, 0.3) is 0 Å². The van der Waals surface area contributed by atoms with E-state index in [9.17, 15) is 9.59 Å². The Balaban J connectivity index is 1.69. The minimum Gasteiger partial charge on any atom is -0.356 e. The molecule has 1 saturated heterocycles. The normalized spacial score (nSPS) is 24.2. The summed E-state index contributed by atoms with van der Waals surface area (Å²) in [5.41, 5.74) is 0. The highest BCUT2D eigenvalue weighted by Gasteiger charge is 2.27. The minimum atomic E-state index is 0.0724. The highest BCUT2D eigenvalue weighted by atomic mass is 16.1. The molecule has 1 amide bonds. The lowest BCUT2D eigenvalue weighted by molar-refractivity contribution is -0.121.